The Balaban J connectivity index is 1.87. The standard InChI is InChI=1S/C13H18O4/c14-10-6-7-11(13(16)12(10)15)17-8-9-4-2-1-3-5-9/h1-5,10-16H,6-8H2/t10-,11-,12+,13-/m1/s1. The van der Waals surface area contributed by atoms with E-state index >= 15 is 0 Å². The summed E-state index contributed by atoms with van der Waals surface area (Å²) in [5.74, 6) is 0. The van der Waals surface area contributed by atoms with Crippen LogP contribution >= 0.6 is 0 Å². The number of hydrogen-bond donors (Lipinski definition) is 3. The van der Waals surface area contributed by atoms with Gasteiger partial charge in [-0.05, 0) is 18.4 Å². The van der Waals surface area contributed by atoms with Crippen molar-refractivity contribution < 1.29 is 20.1 Å². The fourth-order valence-electron chi connectivity index (χ4n) is 2.08. The molecule has 0 unspecified atom stereocenters. The van der Waals surface area contributed by atoms with Gasteiger partial charge in [-0.1, -0.05) is 30.3 Å². The van der Waals surface area contributed by atoms with Crippen LogP contribution in [0.25, 0.3) is 0 Å². The minimum Gasteiger partial charge on any atom is -0.390 e. The molecule has 4 heteroatoms. The van der Waals surface area contributed by atoms with Gasteiger partial charge in [0.15, 0.2) is 0 Å². The highest BCUT2D eigenvalue weighted by molar-refractivity contribution is 5.13. The Hall–Kier alpha value is -0.940. The maximum Gasteiger partial charge on any atom is 0.109 e. The van der Waals surface area contributed by atoms with Gasteiger partial charge in [0.25, 0.3) is 0 Å². The van der Waals surface area contributed by atoms with Crippen LogP contribution in [0.3, 0.4) is 0 Å². The van der Waals surface area contributed by atoms with E-state index in [0.717, 1.165) is 5.56 Å². The molecule has 0 bridgehead atoms. The third kappa shape index (κ3) is 3.04. The maximum absolute atomic E-state index is 9.75. The molecule has 0 spiro atoms. The van der Waals surface area contributed by atoms with Crippen LogP contribution in [-0.2, 0) is 11.3 Å². The molecule has 1 fully saturated rings. The van der Waals surface area contributed by atoms with E-state index in [1.807, 2.05) is 30.3 Å². The molecule has 1 aromatic rings. The summed E-state index contributed by atoms with van der Waals surface area (Å²) in [5.41, 5.74) is 1.03. The van der Waals surface area contributed by atoms with Gasteiger partial charge in [0, 0.05) is 0 Å². The molecule has 4 atom stereocenters. The largest absolute Gasteiger partial charge is 0.390 e. The number of aliphatic hydroxyl groups excluding tert-OH is 3. The maximum atomic E-state index is 9.75. The van der Waals surface area contributed by atoms with Crippen molar-refractivity contribution in [1.82, 2.24) is 0 Å². The van der Waals surface area contributed by atoms with Crippen LogP contribution in [0.15, 0.2) is 30.3 Å². The molecule has 1 aliphatic rings. The van der Waals surface area contributed by atoms with Crippen LogP contribution in [0.5, 0.6) is 0 Å². The van der Waals surface area contributed by atoms with Gasteiger partial charge in [-0.2, -0.15) is 0 Å². The zero-order valence-electron chi connectivity index (χ0n) is 9.57. The van der Waals surface area contributed by atoms with Gasteiger partial charge in [0.1, 0.15) is 12.2 Å². The Labute approximate surface area is 100 Å². The third-order valence-corrected chi connectivity index (χ3v) is 3.18. The molecular weight excluding hydrogens is 220 g/mol. The summed E-state index contributed by atoms with van der Waals surface area (Å²) in [4.78, 5) is 0. The second-order valence-corrected chi connectivity index (χ2v) is 4.46. The van der Waals surface area contributed by atoms with Crippen molar-refractivity contribution in [3.8, 4) is 0 Å². The second kappa shape index (κ2) is 5.60. The molecule has 0 aliphatic heterocycles. The SMILES string of the molecule is O[C@@H]1[C@H](O)[C@H](OCc2ccccc2)CC[C@H]1O. The summed E-state index contributed by atoms with van der Waals surface area (Å²) in [5, 5.41) is 28.7. The predicted octanol–water partition coefficient (Wildman–Crippen LogP) is 0.448. The van der Waals surface area contributed by atoms with Crippen molar-refractivity contribution >= 4 is 0 Å². The summed E-state index contributed by atoms with van der Waals surface area (Å²) < 4.78 is 5.58. The van der Waals surface area contributed by atoms with E-state index in [0.29, 0.717) is 19.4 Å². The monoisotopic (exact) mass is 238 g/mol. The number of hydrogen-bond acceptors (Lipinski definition) is 4. The van der Waals surface area contributed by atoms with Crippen LogP contribution in [-0.4, -0.2) is 39.7 Å². The number of ether oxygens (including phenoxy) is 1. The summed E-state index contributed by atoms with van der Waals surface area (Å²) in [7, 11) is 0. The van der Waals surface area contributed by atoms with E-state index in [9.17, 15) is 15.3 Å². The number of benzene rings is 1. The van der Waals surface area contributed by atoms with Crippen LogP contribution in [0.4, 0.5) is 0 Å². The van der Waals surface area contributed by atoms with Gasteiger partial charge in [-0.15, -0.1) is 0 Å². The average molecular weight is 238 g/mol. The van der Waals surface area contributed by atoms with E-state index < -0.39 is 24.4 Å². The van der Waals surface area contributed by atoms with Gasteiger partial charge < -0.3 is 20.1 Å². The molecule has 1 aromatic carbocycles. The molecule has 1 aliphatic carbocycles. The molecular formula is C13H18O4. The average Bonchev–Trinajstić information content (AvgIpc) is 2.36. The zero-order chi connectivity index (χ0) is 12.3. The highest BCUT2D eigenvalue weighted by Crippen LogP contribution is 2.23. The van der Waals surface area contributed by atoms with E-state index in [1.54, 1.807) is 0 Å². The lowest BCUT2D eigenvalue weighted by Crippen LogP contribution is -2.49. The molecule has 3 N–H and O–H groups in total. The number of rotatable bonds is 3. The first-order chi connectivity index (χ1) is 8.18. The third-order valence-electron chi connectivity index (χ3n) is 3.18. The minimum absolute atomic E-state index is 0.408. The van der Waals surface area contributed by atoms with Crippen molar-refractivity contribution in [2.75, 3.05) is 0 Å². The first-order valence-electron chi connectivity index (χ1n) is 5.88. The molecule has 4 nitrogen and oxygen atoms in total. The molecule has 0 heterocycles. The predicted molar refractivity (Wildman–Crippen MR) is 62.3 cm³/mol. The van der Waals surface area contributed by atoms with Gasteiger partial charge >= 0.3 is 0 Å². The smallest absolute Gasteiger partial charge is 0.109 e. The van der Waals surface area contributed by atoms with Crippen molar-refractivity contribution in [2.24, 2.45) is 0 Å². The molecule has 17 heavy (non-hydrogen) atoms. The molecule has 0 aromatic heterocycles. The quantitative estimate of drug-likeness (QED) is 0.715. The lowest BCUT2D eigenvalue weighted by molar-refractivity contribution is -0.156. The molecule has 0 saturated heterocycles. The van der Waals surface area contributed by atoms with E-state index in [2.05, 4.69) is 0 Å². The molecule has 2 rings (SSSR count). The van der Waals surface area contributed by atoms with Crippen LogP contribution in [0.1, 0.15) is 18.4 Å². The first kappa shape index (κ1) is 12.5. The van der Waals surface area contributed by atoms with Gasteiger partial charge in [-0.3, -0.25) is 0 Å². The summed E-state index contributed by atoms with van der Waals surface area (Å²) >= 11 is 0. The minimum atomic E-state index is -1.11. The van der Waals surface area contributed by atoms with Gasteiger partial charge in [0.2, 0.25) is 0 Å². The summed E-state index contributed by atoms with van der Waals surface area (Å²) in [6, 6.07) is 9.67. The lowest BCUT2D eigenvalue weighted by atomic mass is 9.89. The Morgan fingerprint density at radius 2 is 1.71 bits per heavy atom. The Morgan fingerprint density at radius 3 is 2.41 bits per heavy atom. The molecule has 0 radical (unpaired) electrons. The summed E-state index contributed by atoms with van der Waals surface area (Å²) in [6.45, 7) is 0.408. The fraction of sp³-hybridized carbons (Fsp3) is 0.538. The number of aliphatic hydroxyl groups is 3. The topological polar surface area (TPSA) is 69.9 Å². The molecule has 1 saturated carbocycles. The highest BCUT2D eigenvalue weighted by atomic mass is 16.5. The van der Waals surface area contributed by atoms with Gasteiger partial charge in [-0.25, -0.2) is 0 Å². The van der Waals surface area contributed by atoms with E-state index in [1.165, 1.54) is 0 Å². The van der Waals surface area contributed by atoms with Crippen LogP contribution in [0.2, 0.25) is 0 Å². The van der Waals surface area contributed by atoms with Crippen LogP contribution < -0.4 is 0 Å². The van der Waals surface area contributed by atoms with E-state index in [4.69, 9.17) is 4.74 Å². The van der Waals surface area contributed by atoms with Gasteiger partial charge in [0.05, 0.1) is 18.8 Å². The normalized spacial score (nSPS) is 33.6. The molecule has 0 amide bonds. The highest BCUT2D eigenvalue weighted by Gasteiger charge is 2.36. The van der Waals surface area contributed by atoms with Crippen molar-refractivity contribution in [1.29, 1.82) is 0 Å². The molecule has 94 valence electrons. The Morgan fingerprint density at radius 1 is 1.00 bits per heavy atom. The van der Waals surface area contributed by atoms with Crippen molar-refractivity contribution in [2.45, 2.75) is 43.9 Å². The van der Waals surface area contributed by atoms with Crippen molar-refractivity contribution in [3.63, 3.8) is 0 Å². The Bertz CT molecular complexity index is 341. The zero-order valence-corrected chi connectivity index (χ0v) is 9.57. The van der Waals surface area contributed by atoms with Crippen LogP contribution in [0, 0.1) is 0 Å². The van der Waals surface area contributed by atoms with Crippen molar-refractivity contribution in [3.05, 3.63) is 35.9 Å². The fourth-order valence-corrected chi connectivity index (χ4v) is 2.08. The first-order valence-corrected chi connectivity index (χ1v) is 5.88. The Kier molecular flexibility index (Phi) is 4.12. The lowest BCUT2D eigenvalue weighted by Gasteiger charge is -2.34. The second-order valence-electron chi connectivity index (χ2n) is 4.46. The van der Waals surface area contributed by atoms with E-state index in [-0.39, 0.29) is 0 Å². The summed E-state index contributed by atoms with van der Waals surface area (Å²) in [6.07, 6.45) is -2.36.